The van der Waals surface area contributed by atoms with E-state index in [-0.39, 0.29) is 16.0 Å². The number of carbonyl (C=O) groups is 1. The second-order valence-electron chi connectivity index (χ2n) is 7.42. The first-order valence-electron chi connectivity index (χ1n) is 9.63. The van der Waals surface area contributed by atoms with Gasteiger partial charge in [-0.1, -0.05) is 54.6 Å². The lowest BCUT2D eigenvalue weighted by Crippen LogP contribution is -2.36. The summed E-state index contributed by atoms with van der Waals surface area (Å²) in [4.78, 5) is 11.9. The Kier molecular flexibility index (Phi) is 5.81. The zero-order valence-corrected chi connectivity index (χ0v) is 18.3. The van der Waals surface area contributed by atoms with Crippen LogP contribution in [0.4, 0.5) is 4.79 Å². The molecule has 0 aliphatic heterocycles. The molecule has 1 fully saturated rings. The van der Waals surface area contributed by atoms with Crippen molar-refractivity contribution in [3.63, 3.8) is 0 Å². The molecule has 0 unspecified atom stereocenters. The number of sulfonamides is 1. The van der Waals surface area contributed by atoms with Gasteiger partial charge in [-0.05, 0) is 43.2 Å². The number of hydrogen-bond donors (Lipinski definition) is 2. The number of halogens is 2. The normalized spacial score (nSPS) is 15.5. The van der Waals surface area contributed by atoms with Crippen molar-refractivity contribution in [2.45, 2.75) is 43.0 Å². The Balaban J connectivity index is 1.81. The van der Waals surface area contributed by atoms with Gasteiger partial charge in [0.05, 0.1) is 16.2 Å². The average Bonchev–Trinajstić information content (AvgIpc) is 3.10. The minimum Gasteiger partial charge on any atom is -0.464 e. The molecule has 1 heterocycles. The molecule has 0 saturated heterocycles. The van der Waals surface area contributed by atoms with E-state index in [0.29, 0.717) is 27.2 Å². The van der Waals surface area contributed by atoms with Gasteiger partial charge in [0, 0.05) is 22.0 Å². The fraction of sp³-hybridized carbons (Fsp3) is 0.286. The van der Waals surface area contributed by atoms with Crippen LogP contribution in [0, 0.1) is 0 Å². The SMILES string of the molecule is O=C(O)n1c(-c2ccc(Cl)c(S(=O)(=O)NC3CCCCC3)c2)cc2c(Cl)cccc21. The first kappa shape index (κ1) is 21.2. The van der Waals surface area contributed by atoms with Crippen molar-refractivity contribution in [3.05, 3.63) is 52.5 Å². The van der Waals surface area contributed by atoms with Gasteiger partial charge in [0.2, 0.25) is 10.0 Å². The van der Waals surface area contributed by atoms with Gasteiger partial charge in [0.25, 0.3) is 0 Å². The average molecular weight is 467 g/mol. The van der Waals surface area contributed by atoms with E-state index >= 15 is 0 Å². The Hall–Kier alpha value is -2.06. The number of carboxylic acid groups (broad SMARTS) is 1. The highest BCUT2D eigenvalue weighted by Gasteiger charge is 2.25. The van der Waals surface area contributed by atoms with Gasteiger partial charge in [-0.25, -0.2) is 22.5 Å². The molecule has 0 amide bonds. The highest BCUT2D eigenvalue weighted by atomic mass is 35.5. The minimum absolute atomic E-state index is 0.0690. The third kappa shape index (κ3) is 3.95. The molecular weight excluding hydrogens is 447 g/mol. The van der Waals surface area contributed by atoms with Crippen molar-refractivity contribution in [3.8, 4) is 11.3 Å². The number of benzene rings is 2. The molecule has 1 aromatic heterocycles. The van der Waals surface area contributed by atoms with Crippen LogP contribution in [0.5, 0.6) is 0 Å². The molecule has 158 valence electrons. The number of nitrogens with one attached hydrogen (secondary N) is 1. The summed E-state index contributed by atoms with van der Waals surface area (Å²) in [5.74, 6) is 0. The third-order valence-electron chi connectivity index (χ3n) is 5.43. The maximum Gasteiger partial charge on any atom is 0.416 e. The highest BCUT2D eigenvalue weighted by Crippen LogP contribution is 2.35. The summed E-state index contributed by atoms with van der Waals surface area (Å²) < 4.78 is 29.9. The van der Waals surface area contributed by atoms with Crippen LogP contribution in [0.2, 0.25) is 10.0 Å². The summed E-state index contributed by atoms with van der Waals surface area (Å²) in [6.45, 7) is 0. The molecular formula is C21H20Cl2N2O4S. The molecule has 0 atom stereocenters. The second kappa shape index (κ2) is 8.23. The molecule has 4 rings (SSSR count). The van der Waals surface area contributed by atoms with Gasteiger partial charge in [0.15, 0.2) is 0 Å². The van der Waals surface area contributed by atoms with Crippen LogP contribution < -0.4 is 4.72 Å². The second-order valence-corrected chi connectivity index (χ2v) is 9.92. The maximum absolute atomic E-state index is 13.0. The fourth-order valence-electron chi connectivity index (χ4n) is 3.99. The van der Waals surface area contributed by atoms with Crippen molar-refractivity contribution >= 4 is 50.2 Å². The molecule has 2 aromatic carbocycles. The maximum atomic E-state index is 13.0. The van der Waals surface area contributed by atoms with E-state index in [0.717, 1.165) is 36.7 Å². The first-order chi connectivity index (χ1) is 14.3. The van der Waals surface area contributed by atoms with E-state index in [1.54, 1.807) is 30.3 Å². The van der Waals surface area contributed by atoms with Crippen LogP contribution in [0.25, 0.3) is 22.2 Å². The Labute approximate surface area is 184 Å². The van der Waals surface area contributed by atoms with E-state index in [4.69, 9.17) is 23.2 Å². The van der Waals surface area contributed by atoms with Crippen LogP contribution in [-0.4, -0.2) is 30.2 Å². The Morgan fingerprint density at radius 1 is 1.03 bits per heavy atom. The monoisotopic (exact) mass is 466 g/mol. The lowest BCUT2D eigenvalue weighted by atomic mass is 9.96. The quantitative estimate of drug-likeness (QED) is 0.511. The molecule has 6 nitrogen and oxygen atoms in total. The van der Waals surface area contributed by atoms with Crippen LogP contribution in [-0.2, 0) is 10.0 Å². The van der Waals surface area contributed by atoms with E-state index < -0.39 is 16.1 Å². The zero-order chi connectivity index (χ0) is 21.5. The summed E-state index contributed by atoms with van der Waals surface area (Å²) in [7, 11) is -3.86. The standard InChI is InChI=1S/C21H20Cl2N2O4S/c22-16-7-4-8-18-15(16)12-19(25(18)21(26)27)13-9-10-17(23)20(11-13)30(28,29)24-14-5-2-1-3-6-14/h4,7-12,14,24H,1-3,5-6H2,(H,26,27). The molecule has 0 spiro atoms. The molecule has 30 heavy (non-hydrogen) atoms. The Morgan fingerprint density at radius 3 is 2.47 bits per heavy atom. The Bertz CT molecular complexity index is 1230. The fourth-order valence-corrected chi connectivity index (χ4v) is 6.04. The van der Waals surface area contributed by atoms with Crippen molar-refractivity contribution < 1.29 is 18.3 Å². The summed E-state index contributed by atoms with van der Waals surface area (Å²) in [6, 6.07) is 11.0. The molecule has 1 aliphatic rings. The highest BCUT2D eigenvalue weighted by molar-refractivity contribution is 7.89. The van der Waals surface area contributed by atoms with E-state index in [1.165, 1.54) is 12.1 Å². The number of hydrogen-bond acceptors (Lipinski definition) is 3. The Morgan fingerprint density at radius 2 is 1.77 bits per heavy atom. The number of fused-ring (bicyclic) bond motifs is 1. The number of rotatable bonds is 4. The van der Waals surface area contributed by atoms with Gasteiger partial charge >= 0.3 is 6.09 Å². The van der Waals surface area contributed by atoms with Crippen LogP contribution in [0.15, 0.2) is 47.4 Å². The largest absolute Gasteiger partial charge is 0.464 e. The van der Waals surface area contributed by atoms with Crippen LogP contribution in [0.1, 0.15) is 32.1 Å². The predicted octanol–water partition coefficient (Wildman–Crippen LogP) is 5.75. The third-order valence-corrected chi connectivity index (χ3v) is 7.76. The number of aromatic nitrogens is 1. The lowest BCUT2D eigenvalue weighted by molar-refractivity contribution is 0.198. The molecule has 0 radical (unpaired) electrons. The van der Waals surface area contributed by atoms with Gasteiger partial charge in [-0.2, -0.15) is 0 Å². The number of nitrogens with zero attached hydrogens (tertiary/aromatic N) is 1. The van der Waals surface area contributed by atoms with Gasteiger partial charge in [-0.3, -0.25) is 0 Å². The molecule has 0 bridgehead atoms. The summed E-state index contributed by atoms with van der Waals surface area (Å²) in [5, 5.41) is 10.8. The van der Waals surface area contributed by atoms with E-state index in [9.17, 15) is 18.3 Å². The van der Waals surface area contributed by atoms with Crippen LogP contribution in [0.3, 0.4) is 0 Å². The molecule has 2 N–H and O–H groups in total. The minimum atomic E-state index is -3.86. The van der Waals surface area contributed by atoms with Gasteiger partial charge in [0.1, 0.15) is 4.90 Å². The van der Waals surface area contributed by atoms with Crippen LogP contribution >= 0.6 is 23.2 Å². The zero-order valence-electron chi connectivity index (χ0n) is 15.9. The van der Waals surface area contributed by atoms with Crippen molar-refractivity contribution in [2.24, 2.45) is 0 Å². The summed E-state index contributed by atoms with van der Waals surface area (Å²) in [5.41, 5.74) is 1.15. The summed E-state index contributed by atoms with van der Waals surface area (Å²) in [6.07, 6.45) is 3.48. The molecule has 3 aromatic rings. The van der Waals surface area contributed by atoms with Gasteiger partial charge < -0.3 is 5.11 Å². The molecule has 9 heteroatoms. The van der Waals surface area contributed by atoms with Crippen molar-refractivity contribution in [1.82, 2.24) is 9.29 Å². The smallest absolute Gasteiger partial charge is 0.416 e. The lowest BCUT2D eigenvalue weighted by Gasteiger charge is -2.23. The van der Waals surface area contributed by atoms with Crippen molar-refractivity contribution in [2.75, 3.05) is 0 Å². The summed E-state index contributed by atoms with van der Waals surface area (Å²) >= 11 is 12.5. The molecule has 1 saturated carbocycles. The molecule has 1 aliphatic carbocycles. The first-order valence-corrected chi connectivity index (χ1v) is 11.9. The van der Waals surface area contributed by atoms with Crippen molar-refractivity contribution in [1.29, 1.82) is 0 Å². The van der Waals surface area contributed by atoms with Gasteiger partial charge in [-0.15, -0.1) is 0 Å². The predicted molar refractivity (Wildman–Crippen MR) is 118 cm³/mol. The van der Waals surface area contributed by atoms with E-state index in [1.807, 2.05) is 0 Å². The topological polar surface area (TPSA) is 88.4 Å². The van der Waals surface area contributed by atoms with E-state index in [2.05, 4.69) is 4.72 Å².